The summed E-state index contributed by atoms with van der Waals surface area (Å²) in [4.78, 5) is 14.7. The van der Waals surface area contributed by atoms with Gasteiger partial charge in [0.25, 0.3) is 0 Å². The van der Waals surface area contributed by atoms with Gasteiger partial charge in [0.1, 0.15) is 0 Å². The first-order valence-corrected chi connectivity index (χ1v) is 9.84. The third-order valence-electron chi connectivity index (χ3n) is 4.84. The summed E-state index contributed by atoms with van der Waals surface area (Å²) in [6.45, 7) is 4.32. The number of carbonyl (C=O) groups is 1. The zero-order valence-corrected chi connectivity index (χ0v) is 17.1. The fourth-order valence-electron chi connectivity index (χ4n) is 3.30. The average molecular weight is 399 g/mol. The molecular weight excluding hydrogens is 370 g/mol. The van der Waals surface area contributed by atoms with Crippen LogP contribution >= 0.6 is 0 Å². The second kappa shape index (κ2) is 10.7. The van der Waals surface area contributed by atoms with E-state index in [0.717, 1.165) is 30.0 Å². The molecule has 1 saturated heterocycles. The molecule has 1 fully saturated rings. The molecule has 2 aromatic carbocycles. The van der Waals surface area contributed by atoms with Gasteiger partial charge in [0.05, 0.1) is 38.8 Å². The molecular formula is C22H29N3O4. The molecule has 1 aliphatic rings. The quantitative estimate of drug-likeness (QED) is 0.632. The number of morpholine rings is 1. The molecule has 1 aliphatic heterocycles. The number of hydrogen-bond acceptors (Lipinski definition) is 6. The summed E-state index contributed by atoms with van der Waals surface area (Å²) < 4.78 is 16.0. The normalized spacial score (nSPS) is 13.8. The highest BCUT2D eigenvalue weighted by atomic mass is 16.5. The van der Waals surface area contributed by atoms with Crippen molar-refractivity contribution in [1.82, 2.24) is 5.32 Å². The first-order chi connectivity index (χ1) is 14.2. The zero-order chi connectivity index (χ0) is 20.5. The average Bonchev–Trinajstić information content (AvgIpc) is 2.77. The molecule has 1 amide bonds. The number of methoxy groups -OCH3 is 2. The van der Waals surface area contributed by atoms with Crippen LogP contribution in [0.2, 0.25) is 0 Å². The van der Waals surface area contributed by atoms with E-state index in [2.05, 4.69) is 15.5 Å². The van der Waals surface area contributed by atoms with Crippen molar-refractivity contribution in [2.24, 2.45) is 0 Å². The number of para-hydroxylation sites is 2. The van der Waals surface area contributed by atoms with Crippen LogP contribution in [0.1, 0.15) is 12.0 Å². The van der Waals surface area contributed by atoms with Crippen LogP contribution in [-0.4, -0.2) is 53.0 Å². The van der Waals surface area contributed by atoms with Crippen molar-refractivity contribution in [2.45, 2.75) is 13.0 Å². The standard InChI is InChI=1S/C22H29N3O4/c1-27-20-8-7-17(15-21(20)28-2)16-23-10-9-22(26)24-18-5-3-4-6-19(18)25-11-13-29-14-12-25/h3-8,15,23H,9-14,16H2,1-2H3,(H,24,26). The van der Waals surface area contributed by atoms with E-state index in [4.69, 9.17) is 14.2 Å². The van der Waals surface area contributed by atoms with Gasteiger partial charge >= 0.3 is 0 Å². The molecule has 7 nitrogen and oxygen atoms in total. The van der Waals surface area contributed by atoms with Gasteiger partial charge in [-0.15, -0.1) is 0 Å². The number of carbonyl (C=O) groups excluding carboxylic acids is 1. The van der Waals surface area contributed by atoms with Crippen LogP contribution in [0.4, 0.5) is 11.4 Å². The van der Waals surface area contributed by atoms with E-state index in [1.54, 1.807) is 14.2 Å². The molecule has 156 valence electrons. The maximum absolute atomic E-state index is 12.4. The molecule has 3 rings (SSSR count). The Bertz CT molecular complexity index is 806. The summed E-state index contributed by atoms with van der Waals surface area (Å²) in [5, 5.41) is 6.34. The predicted octanol–water partition coefficient (Wildman–Crippen LogP) is 2.66. The molecule has 0 atom stereocenters. The first kappa shape index (κ1) is 21.0. The van der Waals surface area contributed by atoms with Gasteiger partial charge in [-0.3, -0.25) is 4.79 Å². The maximum Gasteiger partial charge on any atom is 0.225 e. The minimum absolute atomic E-state index is 0.00878. The lowest BCUT2D eigenvalue weighted by Gasteiger charge is -2.30. The molecule has 7 heteroatoms. The van der Waals surface area contributed by atoms with E-state index in [9.17, 15) is 4.79 Å². The number of hydrogen-bond donors (Lipinski definition) is 2. The van der Waals surface area contributed by atoms with Gasteiger partial charge in [-0.25, -0.2) is 0 Å². The van der Waals surface area contributed by atoms with Crippen molar-refractivity contribution in [3.05, 3.63) is 48.0 Å². The van der Waals surface area contributed by atoms with Gasteiger partial charge in [-0.1, -0.05) is 18.2 Å². The summed E-state index contributed by atoms with van der Waals surface area (Å²) in [7, 11) is 3.24. The van der Waals surface area contributed by atoms with Crippen LogP contribution in [-0.2, 0) is 16.1 Å². The Morgan fingerprint density at radius 2 is 1.83 bits per heavy atom. The van der Waals surface area contributed by atoms with Crippen molar-refractivity contribution in [1.29, 1.82) is 0 Å². The highest BCUT2D eigenvalue weighted by molar-refractivity contribution is 5.94. The summed E-state index contributed by atoms with van der Waals surface area (Å²) in [6.07, 6.45) is 0.394. The van der Waals surface area contributed by atoms with Crippen molar-refractivity contribution in [2.75, 3.05) is 57.3 Å². The van der Waals surface area contributed by atoms with Gasteiger partial charge in [-0.05, 0) is 29.8 Å². The number of amides is 1. The van der Waals surface area contributed by atoms with E-state index in [1.807, 2.05) is 42.5 Å². The van der Waals surface area contributed by atoms with Gasteiger partial charge in [0, 0.05) is 32.6 Å². The van der Waals surface area contributed by atoms with Gasteiger partial charge in [0.2, 0.25) is 5.91 Å². The molecule has 2 aromatic rings. The topological polar surface area (TPSA) is 72.1 Å². The first-order valence-electron chi connectivity index (χ1n) is 9.84. The molecule has 0 bridgehead atoms. The fraction of sp³-hybridized carbons (Fsp3) is 0.409. The van der Waals surface area contributed by atoms with Crippen LogP contribution < -0.4 is 25.0 Å². The molecule has 0 aromatic heterocycles. The van der Waals surface area contributed by atoms with Gasteiger partial charge < -0.3 is 29.7 Å². The number of anilines is 2. The summed E-state index contributed by atoms with van der Waals surface area (Å²) in [5.41, 5.74) is 2.96. The highest BCUT2D eigenvalue weighted by Gasteiger charge is 2.15. The zero-order valence-electron chi connectivity index (χ0n) is 17.1. The molecule has 0 saturated carbocycles. The second-order valence-corrected chi connectivity index (χ2v) is 6.78. The van der Waals surface area contributed by atoms with Crippen LogP contribution in [0.25, 0.3) is 0 Å². The van der Waals surface area contributed by atoms with E-state index in [0.29, 0.717) is 44.2 Å². The molecule has 29 heavy (non-hydrogen) atoms. The van der Waals surface area contributed by atoms with E-state index < -0.39 is 0 Å². The molecule has 0 aliphatic carbocycles. The monoisotopic (exact) mass is 399 g/mol. The van der Waals surface area contributed by atoms with Gasteiger partial charge in [0.15, 0.2) is 11.5 Å². The Morgan fingerprint density at radius 3 is 2.59 bits per heavy atom. The Morgan fingerprint density at radius 1 is 1.07 bits per heavy atom. The fourth-order valence-corrected chi connectivity index (χ4v) is 3.30. The number of nitrogens with one attached hydrogen (secondary N) is 2. The minimum atomic E-state index is -0.00878. The second-order valence-electron chi connectivity index (χ2n) is 6.78. The van der Waals surface area contributed by atoms with Gasteiger partial charge in [-0.2, -0.15) is 0 Å². The lowest BCUT2D eigenvalue weighted by atomic mass is 10.2. The van der Waals surface area contributed by atoms with Crippen LogP contribution in [0, 0.1) is 0 Å². The number of benzene rings is 2. The van der Waals surface area contributed by atoms with Crippen LogP contribution in [0.5, 0.6) is 11.5 Å². The smallest absolute Gasteiger partial charge is 0.225 e. The Kier molecular flexibility index (Phi) is 7.72. The SMILES string of the molecule is COc1ccc(CNCCC(=O)Nc2ccccc2N2CCOCC2)cc1OC. The number of ether oxygens (including phenoxy) is 3. The molecule has 0 radical (unpaired) electrons. The van der Waals surface area contributed by atoms with Crippen molar-refractivity contribution < 1.29 is 19.0 Å². The lowest BCUT2D eigenvalue weighted by Crippen LogP contribution is -2.36. The molecule has 1 heterocycles. The largest absolute Gasteiger partial charge is 0.493 e. The Hall–Kier alpha value is -2.77. The maximum atomic E-state index is 12.4. The highest BCUT2D eigenvalue weighted by Crippen LogP contribution is 2.28. The minimum Gasteiger partial charge on any atom is -0.493 e. The summed E-state index contributed by atoms with van der Waals surface area (Å²) in [6, 6.07) is 13.7. The summed E-state index contributed by atoms with van der Waals surface area (Å²) >= 11 is 0. The van der Waals surface area contributed by atoms with Crippen LogP contribution in [0.15, 0.2) is 42.5 Å². The van der Waals surface area contributed by atoms with E-state index >= 15 is 0 Å². The lowest BCUT2D eigenvalue weighted by molar-refractivity contribution is -0.116. The number of nitrogens with zero attached hydrogens (tertiary/aromatic N) is 1. The number of rotatable bonds is 9. The Balaban J connectivity index is 1.47. The third-order valence-corrected chi connectivity index (χ3v) is 4.84. The van der Waals surface area contributed by atoms with Crippen molar-refractivity contribution in [3.63, 3.8) is 0 Å². The van der Waals surface area contributed by atoms with E-state index in [1.165, 1.54) is 0 Å². The molecule has 2 N–H and O–H groups in total. The van der Waals surface area contributed by atoms with Crippen molar-refractivity contribution >= 4 is 17.3 Å². The summed E-state index contributed by atoms with van der Waals surface area (Å²) in [5.74, 6) is 1.39. The predicted molar refractivity (Wildman–Crippen MR) is 114 cm³/mol. The van der Waals surface area contributed by atoms with E-state index in [-0.39, 0.29) is 5.91 Å². The molecule has 0 spiro atoms. The third kappa shape index (κ3) is 5.85. The van der Waals surface area contributed by atoms with Crippen LogP contribution in [0.3, 0.4) is 0 Å². The molecule has 0 unspecified atom stereocenters. The van der Waals surface area contributed by atoms with Crippen molar-refractivity contribution in [3.8, 4) is 11.5 Å². The Labute approximate surface area is 171 Å².